The number of carbonyl (C=O) groups is 2. The minimum absolute atomic E-state index is 0.105. The van der Waals surface area contributed by atoms with Gasteiger partial charge in [0, 0.05) is 22.9 Å². The summed E-state index contributed by atoms with van der Waals surface area (Å²) in [6.07, 6.45) is 2.47. The molecule has 2 atom stereocenters. The summed E-state index contributed by atoms with van der Waals surface area (Å²) in [5, 5.41) is 6.03. The van der Waals surface area contributed by atoms with Crippen molar-refractivity contribution in [3.05, 3.63) is 53.1 Å². The van der Waals surface area contributed by atoms with Gasteiger partial charge in [-0.15, -0.1) is 11.8 Å². The highest BCUT2D eigenvalue weighted by atomic mass is 35.5. The summed E-state index contributed by atoms with van der Waals surface area (Å²) in [6, 6.07) is 13.5. The second-order valence-electron chi connectivity index (χ2n) is 7.78. The average Bonchev–Trinajstić information content (AvgIpc) is 3.29. The van der Waals surface area contributed by atoms with E-state index in [9.17, 15) is 9.59 Å². The number of fused-ring (bicyclic) bond motifs is 1. The molecule has 1 saturated heterocycles. The first-order chi connectivity index (χ1) is 15.0. The number of carbonyl (C=O) groups excluding carboxylic acids is 2. The first kappa shape index (κ1) is 22.0. The maximum Gasteiger partial charge on any atom is 0.238 e. The number of likely N-dealkylation sites (tertiary alicyclic amines) is 1. The number of methoxy groups -OCH3 is 1. The number of anilines is 1. The third-order valence-electron chi connectivity index (χ3n) is 5.71. The van der Waals surface area contributed by atoms with Crippen molar-refractivity contribution < 1.29 is 14.3 Å². The molecule has 2 aromatic carbocycles. The maximum atomic E-state index is 12.7. The van der Waals surface area contributed by atoms with Crippen molar-refractivity contribution in [1.29, 1.82) is 0 Å². The number of rotatable bonds is 7. The van der Waals surface area contributed by atoms with Gasteiger partial charge in [-0.1, -0.05) is 23.7 Å². The molecule has 6 nitrogen and oxygen atoms in total. The quantitative estimate of drug-likeness (QED) is 0.652. The zero-order valence-corrected chi connectivity index (χ0v) is 19.0. The van der Waals surface area contributed by atoms with Gasteiger partial charge in [0.1, 0.15) is 5.75 Å². The van der Waals surface area contributed by atoms with Gasteiger partial charge >= 0.3 is 0 Å². The lowest BCUT2D eigenvalue weighted by molar-refractivity contribution is -0.124. The SMILES string of the molecule is COc1ccc(C(CNC(=O)CC2Sc3ccc(Cl)cc3NC2=O)N2CCCC2)cc1. The number of ether oxygens (including phenoxy) is 1. The zero-order valence-electron chi connectivity index (χ0n) is 17.4. The number of amides is 2. The lowest BCUT2D eigenvalue weighted by atomic mass is 10.0. The van der Waals surface area contributed by atoms with Gasteiger partial charge in [-0.3, -0.25) is 14.5 Å². The number of hydrogen-bond acceptors (Lipinski definition) is 5. The van der Waals surface area contributed by atoms with Crippen LogP contribution in [0.25, 0.3) is 0 Å². The molecule has 2 heterocycles. The summed E-state index contributed by atoms with van der Waals surface area (Å²) >= 11 is 7.41. The van der Waals surface area contributed by atoms with Crippen molar-refractivity contribution in [2.24, 2.45) is 0 Å². The van der Waals surface area contributed by atoms with E-state index < -0.39 is 5.25 Å². The van der Waals surface area contributed by atoms with Crippen LogP contribution in [0.2, 0.25) is 5.02 Å². The summed E-state index contributed by atoms with van der Waals surface area (Å²) in [6.45, 7) is 2.55. The molecule has 2 unspecified atom stereocenters. The number of benzene rings is 2. The largest absolute Gasteiger partial charge is 0.497 e. The topological polar surface area (TPSA) is 70.7 Å². The highest BCUT2D eigenvalue weighted by Crippen LogP contribution is 2.38. The van der Waals surface area contributed by atoms with Crippen molar-refractivity contribution in [3.63, 3.8) is 0 Å². The third kappa shape index (κ3) is 5.34. The van der Waals surface area contributed by atoms with E-state index in [-0.39, 0.29) is 24.3 Å². The Hall–Kier alpha value is -2.22. The van der Waals surface area contributed by atoms with Gasteiger partial charge < -0.3 is 15.4 Å². The summed E-state index contributed by atoms with van der Waals surface area (Å²) in [5.41, 5.74) is 1.85. The third-order valence-corrected chi connectivity index (χ3v) is 7.22. The molecule has 2 aliphatic rings. The van der Waals surface area contributed by atoms with Crippen molar-refractivity contribution in [2.75, 3.05) is 32.1 Å². The molecule has 0 aromatic heterocycles. The Bertz CT molecular complexity index is 948. The van der Waals surface area contributed by atoms with Crippen LogP contribution >= 0.6 is 23.4 Å². The molecule has 164 valence electrons. The molecule has 2 aliphatic heterocycles. The Morgan fingerprint density at radius 2 is 2.00 bits per heavy atom. The Balaban J connectivity index is 1.38. The Morgan fingerprint density at radius 1 is 1.26 bits per heavy atom. The number of hydrogen-bond donors (Lipinski definition) is 2. The van der Waals surface area contributed by atoms with Crippen LogP contribution in [0.3, 0.4) is 0 Å². The van der Waals surface area contributed by atoms with E-state index in [0.717, 1.165) is 29.3 Å². The summed E-state index contributed by atoms with van der Waals surface area (Å²) in [7, 11) is 1.65. The highest BCUT2D eigenvalue weighted by Gasteiger charge is 2.30. The fraction of sp³-hybridized carbons (Fsp3) is 0.391. The van der Waals surface area contributed by atoms with E-state index in [4.69, 9.17) is 16.3 Å². The van der Waals surface area contributed by atoms with Crippen LogP contribution in [0, 0.1) is 0 Å². The fourth-order valence-corrected chi connectivity index (χ4v) is 5.31. The lowest BCUT2D eigenvalue weighted by Crippen LogP contribution is -2.39. The van der Waals surface area contributed by atoms with E-state index in [2.05, 4.69) is 27.7 Å². The number of nitrogens with one attached hydrogen (secondary N) is 2. The van der Waals surface area contributed by atoms with Crippen molar-refractivity contribution in [3.8, 4) is 5.75 Å². The van der Waals surface area contributed by atoms with Gasteiger partial charge in [-0.25, -0.2) is 0 Å². The first-order valence-corrected chi connectivity index (χ1v) is 11.7. The smallest absolute Gasteiger partial charge is 0.238 e. The van der Waals surface area contributed by atoms with Gasteiger partial charge in [-0.05, 0) is 61.8 Å². The standard InChI is InChI=1S/C23H26ClN3O3S/c1-30-17-7-4-15(5-8-17)19(27-10-2-3-11-27)14-25-22(28)13-21-23(29)26-18-12-16(24)6-9-20(18)31-21/h4-9,12,19,21H,2-3,10-11,13-14H2,1H3,(H,25,28)(H,26,29). The lowest BCUT2D eigenvalue weighted by Gasteiger charge is -2.29. The Labute approximate surface area is 191 Å². The number of halogens is 1. The minimum Gasteiger partial charge on any atom is -0.497 e. The molecule has 2 aromatic rings. The number of thioether (sulfide) groups is 1. The molecule has 2 N–H and O–H groups in total. The molecule has 0 aliphatic carbocycles. The van der Waals surface area contributed by atoms with E-state index in [1.54, 1.807) is 19.2 Å². The van der Waals surface area contributed by atoms with Crippen molar-refractivity contribution >= 4 is 40.9 Å². The van der Waals surface area contributed by atoms with Gasteiger partial charge in [0.15, 0.2) is 0 Å². The normalized spacial score (nSPS) is 19.4. The van der Waals surface area contributed by atoms with E-state index in [0.29, 0.717) is 17.3 Å². The van der Waals surface area contributed by atoms with Gasteiger partial charge in [0.05, 0.1) is 24.1 Å². The predicted octanol–water partition coefficient (Wildman–Crippen LogP) is 4.10. The second-order valence-corrected chi connectivity index (χ2v) is 9.46. The Morgan fingerprint density at radius 3 is 2.71 bits per heavy atom. The molecule has 0 spiro atoms. The summed E-state index contributed by atoms with van der Waals surface area (Å²) in [4.78, 5) is 28.5. The molecular formula is C23H26ClN3O3S. The zero-order chi connectivity index (χ0) is 21.8. The molecule has 31 heavy (non-hydrogen) atoms. The maximum absolute atomic E-state index is 12.7. The van der Waals surface area contributed by atoms with Crippen LogP contribution in [0.15, 0.2) is 47.4 Å². The van der Waals surface area contributed by atoms with E-state index in [1.165, 1.54) is 24.6 Å². The Kier molecular flexibility index (Phi) is 7.05. The van der Waals surface area contributed by atoms with Crippen LogP contribution < -0.4 is 15.4 Å². The van der Waals surface area contributed by atoms with Crippen molar-refractivity contribution in [2.45, 2.75) is 35.4 Å². The number of nitrogens with zero attached hydrogens (tertiary/aromatic N) is 1. The van der Waals surface area contributed by atoms with Gasteiger partial charge in [-0.2, -0.15) is 0 Å². The summed E-state index contributed by atoms with van der Waals surface area (Å²) < 4.78 is 5.27. The summed E-state index contributed by atoms with van der Waals surface area (Å²) in [5.74, 6) is 0.527. The molecular weight excluding hydrogens is 434 g/mol. The highest BCUT2D eigenvalue weighted by molar-refractivity contribution is 8.01. The van der Waals surface area contributed by atoms with Gasteiger partial charge in [0.25, 0.3) is 0 Å². The van der Waals surface area contributed by atoms with Crippen molar-refractivity contribution in [1.82, 2.24) is 10.2 Å². The molecule has 0 saturated carbocycles. The molecule has 8 heteroatoms. The monoisotopic (exact) mass is 459 g/mol. The molecule has 0 radical (unpaired) electrons. The van der Waals surface area contributed by atoms with Crippen LogP contribution in [0.4, 0.5) is 5.69 Å². The van der Waals surface area contributed by atoms with Gasteiger partial charge in [0.2, 0.25) is 11.8 Å². The second kappa shape index (κ2) is 9.94. The van der Waals surface area contributed by atoms with E-state index in [1.807, 2.05) is 18.2 Å². The predicted molar refractivity (Wildman–Crippen MR) is 124 cm³/mol. The molecule has 2 amide bonds. The van der Waals surface area contributed by atoms with Crippen LogP contribution in [0.5, 0.6) is 5.75 Å². The molecule has 1 fully saturated rings. The average molecular weight is 460 g/mol. The van der Waals surface area contributed by atoms with Crippen LogP contribution in [0.1, 0.15) is 30.9 Å². The van der Waals surface area contributed by atoms with E-state index >= 15 is 0 Å². The van der Waals surface area contributed by atoms with Crippen LogP contribution in [-0.2, 0) is 9.59 Å². The molecule has 4 rings (SSSR count). The molecule has 0 bridgehead atoms. The fourth-order valence-electron chi connectivity index (χ4n) is 4.05. The van der Waals surface area contributed by atoms with Crippen LogP contribution in [-0.4, -0.2) is 48.7 Å². The minimum atomic E-state index is -0.458. The first-order valence-electron chi connectivity index (χ1n) is 10.5.